The number of morpholine rings is 1. The first kappa shape index (κ1) is 32.7. The van der Waals surface area contributed by atoms with Crippen LogP contribution in [-0.4, -0.2) is 69.3 Å². The van der Waals surface area contributed by atoms with Crippen LogP contribution in [0.5, 0.6) is 11.5 Å². The second-order valence-electron chi connectivity index (χ2n) is 11.2. The number of anilines is 1. The molecule has 1 heterocycles. The molecule has 0 unspecified atom stereocenters. The lowest BCUT2D eigenvalue weighted by atomic mass is 10.0. The minimum atomic E-state index is -0.862. The van der Waals surface area contributed by atoms with Gasteiger partial charge in [0.2, 0.25) is 11.8 Å². The van der Waals surface area contributed by atoms with Gasteiger partial charge in [0.25, 0.3) is 0 Å². The van der Waals surface area contributed by atoms with Crippen LogP contribution in [0.1, 0.15) is 16.7 Å². The minimum absolute atomic E-state index is 0.104. The van der Waals surface area contributed by atoms with E-state index in [0.29, 0.717) is 30.2 Å². The van der Waals surface area contributed by atoms with Crippen LogP contribution in [0.4, 0.5) is 10.1 Å². The Hall–Kier alpha value is -4.73. The fourth-order valence-corrected chi connectivity index (χ4v) is 5.34. The Morgan fingerprint density at radius 1 is 0.870 bits per heavy atom. The van der Waals surface area contributed by atoms with E-state index in [0.717, 1.165) is 49.5 Å². The predicted molar refractivity (Wildman–Crippen MR) is 176 cm³/mol. The number of halogens is 1. The van der Waals surface area contributed by atoms with Crippen molar-refractivity contribution in [2.75, 3.05) is 51.5 Å². The van der Waals surface area contributed by atoms with E-state index in [-0.39, 0.29) is 30.6 Å². The van der Waals surface area contributed by atoms with Crippen molar-refractivity contribution in [3.8, 4) is 11.5 Å². The molecule has 9 heteroatoms. The number of ether oxygens (including phenoxy) is 3. The van der Waals surface area contributed by atoms with Crippen molar-refractivity contribution in [3.63, 3.8) is 0 Å². The lowest BCUT2D eigenvalue weighted by molar-refractivity contribution is -0.127. The summed E-state index contributed by atoms with van der Waals surface area (Å²) in [5.74, 6) is 0.406. The summed E-state index contributed by atoms with van der Waals surface area (Å²) in [6.45, 7) is 4.62. The van der Waals surface area contributed by atoms with E-state index in [4.69, 9.17) is 14.2 Å². The monoisotopic (exact) mass is 625 g/mol. The number of hydrogen-bond acceptors (Lipinski definition) is 6. The first-order chi connectivity index (χ1) is 22.5. The molecule has 0 spiro atoms. The second-order valence-corrected chi connectivity index (χ2v) is 11.2. The molecule has 1 aliphatic heterocycles. The van der Waals surface area contributed by atoms with Gasteiger partial charge in [-0.2, -0.15) is 0 Å². The van der Waals surface area contributed by atoms with Crippen molar-refractivity contribution in [2.45, 2.75) is 25.4 Å². The number of methoxy groups -OCH3 is 1. The number of benzene rings is 4. The molecule has 1 saturated heterocycles. The van der Waals surface area contributed by atoms with Gasteiger partial charge in [-0.15, -0.1) is 0 Å². The van der Waals surface area contributed by atoms with E-state index < -0.39 is 6.04 Å². The standard InChI is InChI=1S/C37H40FN3O5/c1-44-33-16-12-29(13-17-33)25-36(42)39-35(24-28-6-3-2-4-7-28)37(43)41(27-30-10-14-31(38)15-11-30)32-8-5-9-34(26-32)46-23-20-40-18-21-45-22-19-40/h2-17,26,35H,18-25,27H2,1H3,(H,39,42)/t35-/m0/s1. The summed E-state index contributed by atoms with van der Waals surface area (Å²) in [4.78, 5) is 31.7. The summed E-state index contributed by atoms with van der Waals surface area (Å²) in [7, 11) is 1.59. The number of nitrogens with zero attached hydrogens (tertiary/aromatic N) is 2. The van der Waals surface area contributed by atoms with Gasteiger partial charge >= 0.3 is 0 Å². The van der Waals surface area contributed by atoms with E-state index in [9.17, 15) is 14.0 Å². The molecule has 5 rings (SSSR count). The van der Waals surface area contributed by atoms with Crippen LogP contribution in [0.2, 0.25) is 0 Å². The Morgan fingerprint density at radius 2 is 1.59 bits per heavy atom. The second kappa shape index (κ2) is 16.5. The molecule has 0 aromatic heterocycles. The summed E-state index contributed by atoms with van der Waals surface area (Å²) in [6, 6.07) is 29.5. The largest absolute Gasteiger partial charge is 0.497 e. The lowest BCUT2D eigenvalue weighted by Crippen LogP contribution is -2.50. The van der Waals surface area contributed by atoms with E-state index in [1.807, 2.05) is 66.7 Å². The van der Waals surface area contributed by atoms with Crippen molar-refractivity contribution in [3.05, 3.63) is 126 Å². The summed E-state index contributed by atoms with van der Waals surface area (Å²) >= 11 is 0. The average molecular weight is 626 g/mol. The first-order valence-corrected chi connectivity index (χ1v) is 15.5. The molecule has 240 valence electrons. The predicted octanol–water partition coefficient (Wildman–Crippen LogP) is 5.05. The molecule has 0 radical (unpaired) electrons. The van der Waals surface area contributed by atoms with Crippen molar-refractivity contribution in [1.29, 1.82) is 0 Å². The average Bonchev–Trinajstić information content (AvgIpc) is 3.09. The Kier molecular flexibility index (Phi) is 11.7. The smallest absolute Gasteiger partial charge is 0.250 e. The number of rotatable bonds is 14. The third-order valence-electron chi connectivity index (χ3n) is 7.87. The normalized spacial score (nSPS) is 13.9. The minimum Gasteiger partial charge on any atom is -0.497 e. The highest BCUT2D eigenvalue weighted by molar-refractivity contribution is 5.99. The summed E-state index contributed by atoms with van der Waals surface area (Å²) in [5, 5.41) is 3.00. The van der Waals surface area contributed by atoms with Crippen LogP contribution in [-0.2, 0) is 33.7 Å². The topological polar surface area (TPSA) is 80.3 Å². The third kappa shape index (κ3) is 9.63. The van der Waals surface area contributed by atoms with E-state index in [1.165, 1.54) is 12.1 Å². The van der Waals surface area contributed by atoms with Gasteiger partial charge < -0.3 is 24.4 Å². The van der Waals surface area contributed by atoms with Gasteiger partial charge in [-0.05, 0) is 53.1 Å². The molecule has 2 amide bonds. The number of carbonyl (C=O) groups excluding carboxylic acids is 2. The zero-order valence-corrected chi connectivity index (χ0v) is 26.1. The van der Waals surface area contributed by atoms with E-state index in [2.05, 4.69) is 10.2 Å². The Labute approximate surface area is 269 Å². The van der Waals surface area contributed by atoms with E-state index in [1.54, 1.807) is 36.3 Å². The van der Waals surface area contributed by atoms with Gasteiger partial charge in [0.05, 0.1) is 33.3 Å². The molecule has 1 N–H and O–H groups in total. The van der Waals surface area contributed by atoms with Crippen LogP contribution in [0.25, 0.3) is 0 Å². The number of amides is 2. The molecule has 1 atom stereocenters. The molecular formula is C37H40FN3O5. The molecule has 1 aliphatic rings. The Morgan fingerprint density at radius 3 is 2.30 bits per heavy atom. The van der Waals surface area contributed by atoms with Gasteiger partial charge in [0.15, 0.2) is 0 Å². The summed E-state index contributed by atoms with van der Waals surface area (Å²) < 4.78 is 30.5. The van der Waals surface area contributed by atoms with Crippen molar-refractivity contribution < 1.29 is 28.2 Å². The van der Waals surface area contributed by atoms with E-state index >= 15 is 0 Å². The first-order valence-electron chi connectivity index (χ1n) is 15.5. The maximum atomic E-state index is 14.5. The quantitative estimate of drug-likeness (QED) is 0.211. The van der Waals surface area contributed by atoms with Crippen LogP contribution >= 0.6 is 0 Å². The highest BCUT2D eigenvalue weighted by Gasteiger charge is 2.28. The highest BCUT2D eigenvalue weighted by atomic mass is 19.1. The van der Waals surface area contributed by atoms with Gasteiger partial charge in [-0.3, -0.25) is 14.5 Å². The van der Waals surface area contributed by atoms with Crippen LogP contribution in [0.15, 0.2) is 103 Å². The Balaban J connectivity index is 1.38. The van der Waals surface area contributed by atoms with Gasteiger partial charge in [0, 0.05) is 37.8 Å². The fourth-order valence-electron chi connectivity index (χ4n) is 5.34. The van der Waals surface area contributed by atoms with Crippen molar-refractivity contribution in [2.24, 2.45) is 0 Å². The summed E-state index contributed by atoms with van der Waals surface area (Å²) in [6.07, 6.45) is 0.399. The lowest BCUT2D eigenvalue weighted by Gasteiger charge is -2.29. The molecule has 0 bridgehead atoms. The number of hydrogen-bond donors (Lipinski definition) is 1. The SMILES string of the molecule is COc1ccc(CC(=O)N[C@@H](Cc2ccccc2)C(=O)N(Cc2ccc(F)cc2)c2cccc(OCCN3CCOCC3)c2)cc1. The van der Waals surface area contributed by atoms with Crippen LogP contribution in [0.3, 0.4) is 0 Å². The third-order valence-corrected chi connectivity index (χ3v) is 7.87. The van der Waals surface area contributed by atoms with Gasteiger partial charge in [-0.1, -0.05) is 60.7 Å². The van der Waals surface area contributed by atoms with Crippen LogP contribution < -0.4 is 19.7 Å². The van der Waals surface area contributed by atoms with Gasteiger partial charge in [0.1, 0.15) is 30.0 Å². The molecule has 4 aromatic carbocycles. The molecular weight excluding hydrogens is 585 g/mol. The molecule has 1 fully saturated rings. The fraction of sp³-hybridized carbons (Fsp3) is 0.297. The molecule has 0 saturated carbocycles. The molecule has 8 nitrogen and oxygen atoms in total. The zero-order valence-electron chi connectivity index (χ0n) is 26.1. The zero-order chi connectivity index (χ0) is 32.1. The molecule has 46 heavy (non-hydrogen) atoms. The van der Waals surface area contributed by atoms with Crippen molar-refractivity contribution in [1.82, 2.24) is 10.2 Å². The van der Waals surface area contributed by atoms with Gasteiger partial charge in [-0.25, -0.2) is 4.39 Å². The number of nitrogens with one attached hydrogen (secondary N) is 1. The maximum Gasteiger partial charge on any atom is 0.250 e. The highest BCUT2D eigenvalue weighted by Crippen LogP contribution is 2.25. The Bertz CT molecular complexity index is 1540. The molecule has 4 aromatic rings. The van der Waals surface area contributed by atoms with Crippen LogP contribution in [0, 0.1) is 5.82 Å². The number of carbonyl (C=O) groups is 2. The summed E-state index contributed by atoms with van der Waals surface area (Å²) in [5.41, 5.74) is 3.07. The molecule has 0 aliphatic carbocycles. The maximum absolute atomic E-state index is 14.5. The van der Waals surface area contributed by atoms with Crippen molar-refractivity contribution >= 4 is 17.5 Å².